The van der Waals surface area contributed by atoms with Crippen molar-refractivity contribution in [2.45, 2.75) is 0 Å². The number of hydrogen-bond donors (Lipinski definition) is 1. The molecule has 1 radical (unpaired) electrons. The highest BCUT2D eigenvalue weighted by atomic mass is 16.5. The van der Waals surface area contributed by atoms with E-state index in [0.29, 0.717) is 0 Å². The topological polar surface area (TPSA) is 50.8 Å². The van der Waals surface area contributed by atoms with Gasteiger partial charge >= 0.3 is 0 Å². The van der Waals surface area contributed by atoms with Crippen LogP contribution in [0, 0.1) is 6.07 Å². The summed E-state index contributed by atoms with van der Waals surface area (Å²) < 4.78 is 5.33. The SMILES string of the molecule is COc1ccccc1-c1n[nH]c2ncc[c]c12. The van der Waals surface area contributed by atoms with Crippen molar-refractivity contribution in [3.05, 3.63) is 42.6 Å². The highest BCUT2D eigenvalue weighted by Crippen LogP contribution is 2.31. The molecule has 0 saturated heterocycles. The summed E-state index contributed by atoms with van der Waals surface area (Å²) in [7, 11) is 1.65. The molecule has 83 valence electrons. The van der Waals surface area contributed by atoms with Crippen LogP contribution in [0.15, 0.2) is 36.5 Å². The average Bonchev–Trinajstić information content (AvgIpc) is 2.82. The monoisotopic (exact) mass is 224 g/mol. The minimum atomic E-state index is 0.730. The lowest BCUT2D eigenvalue weighted by Crippen LogP contribution is -1.87. The highest BCUT2D eigenvalue weighted by Gasteiger charge is 2.12. The number of nitrogens with one attached hydrogen (secondary N) is 1. The van der Waals surface area contributed by atoms with Crippen molar-refractivity contribution >= 4 is 11.0 Å². The average molecular weight is 224 g/mol. The Labute approximate surface area is 98.3 Å². The summed E-state index contributed by atoms with van der Waals surface area (Å²) in [4.78, 5) is 4.19. The van der Waals surface area contributed by atoms with Crippen LogP contribution in [0.3, 0.4) is 0 Å². The van der Waals surface area contributed by atoms with E-state index in [-0.39, 0.29) is 0 Å². The summed E-state index contributed by atoms with van der Waals surface area (Å²) in [5.74, 6) is 0.790. The van der Waals surface area contributed by atoms with E-state index in [1.54, 1.807) is 19.4 Å². The van der Waals surface area contributed by atoms with Gasteiger partial charge in [-0.25, -0.2) is 4.98 Å². The second kappa shape index (κ2) is 3.90. The maximum Gasteiger partial charge on any atom is 0.156 e. The van der Waals surface area contributed by atoms with Crippen LogP contribution in [0.1, 0.15) is 0 Å². The van der Waals surface area contributed by atoms with Crippen LogP contribution in [-0.2, 0) is 0 Å². The van der Waals surface area contributed by atoms with Gasteiger partial charge in [0.15, 0.2) is 5.65 Å². The molecule has 0 bridgehead atoms. The third-order valence-corrected chi connectivity index (χ3v) is 2.62. The Hall–Kier alpha value is -2.36. The maximum atomic E-state index is 5.33. The van der Waals surface area contributed by atoms with E-state index in [2.05, 4.69) is 21.2 Å². The molecule has 3 rings (SSSR count). The first kappa shape index (κ1) is 9.84. The van der Waals surface area contributed by atoms with Crippen LogP contribution < -0.4 is 4.74 Å². The Morgan fingerprint density at radius 3 is 3.06 bits per heavy atom. The molecule has 17 heavy (non-hydrogen) atoms. The van der Waals surface area contributed by atoms with Gasteiger partial charge in [-0.15, -0.1) is 0 Å². The molecule has 2 aromatic heterocycles. The molecular formula is C13H10N3O. The van der Waals surface area contributed by atoms with E-state index >= 15 is 0 Å². The van der Waals surface area contributed by atoms with Gasteiger partial charge in [-0.1, -0.05) is 12.1 Å². The zero-order valence-electron chi connectivity index (χ0n) is 9.27. The molecule has 0 aliphatic rings. The fraction of sp³-hybridized carbons (Fsp3) is 0.0769. The third kappa shape index (κ3) is 1.54. The van der Waals surface area contributed by atoms with Gasteiger partial charge < -0.3 is 4.74 Å². The van der Waals surface area contributed by atoms with Gasteiger partial charge in [0, 0.05) is 11.8 Å². The molecule has 0 amide bonds. The molecular weight excluding hydrogens is 214 g/mol. The largest absolute Gasteiger partial charge is 0.496 e. The van der Waals surface area contributed by atoms with Crippen LogP contribution in [-0.4, -0.2) is 22.3 Å². The molecule has 1 aromatic carbocycles. The maximum absolute atomic E-state index is 5.33. The molecule has 2 heterocycles. The van der Waals surface area contributed by atoms with Gasteiger partial charge in [-0.2, -0.15) is 5.10 Å². The van der Waals surface area contributed by atoms with E-state index in [9.17, 15) is 0 Å². The number of para-hydroxylation sites is 1. The molecule has 4 heteroatoms. The molecule has 0 fully saturated rings. The number of H-pyrrole nitrogens is 1. The number of hydrogen-bond acceptors (Lipinski definition) is 3. The molecule has 0 unspecified atom stereocenters. The second-order valence-electron chi connectivity index (χ2n) is 3.59. The Balaban J connectivity index is 2.27. The molecule has 4 nitrogen and oxygen atoms in total. The van der Waals surface area contributed by atoms with Crippen LogP contribution >= 0.6 is 0 Å². The number of nitrogens with zero attached hydrogens (tertiary/aromatic N) is 2. The molecule has 3 aromatic rings. The molecule has 0 atom stereocenters. The number of aromatic amines is 1. The minimum Gasteiger partial charge on any atom is -0.496 e. The zero-order valence-corrected chi connectivity index (χ0v) is 9.27. The van der Waals surface area contributed by atoms with Gasteiger partial charge in [0.2, 0.25) is 0 Å². The predicted molar refractivity (Wildman–Crippen MR) is 64.7 cm³/mol. The summed E-state index contributed by atoms with van der Waals surface area (Å²) in [5.41, 5.74) is 2.48. The lowest BCUT2D eigenvalue weighted by Gasteiger charge is -2.05. The first-order valence-electron chi connectivity index (χ1n) is 5.24. The van der Waals surface area contributed by atoms with E-state index < -0.39 is 0 Å². The number of aromatic nitrogens is 3. The Bertz CT molecular complexity index is 660. The lowest BCUT2D eigenvalue weighted by atomic mass is 10.1. The van der Waals surface area contributed by atoms with Crippen LogP contribution in [0.4, 0.5) is 0 Å². The van der Waals surface area contributed by atoms with Crippen molar-refractivity contribution in [3.8, 4) is 17.0 Å². The molecule has 0 spiro atoms. The Morgan fingerprint density at radius 2 is 2.18 bits per heavy atom. The number of benzene rings is 1. The first-order valence-corrected chi connectivity index (χ1v) is 5.24. The number of fused-ring (bicyclic) bond motifs is 1. The van der Waals surface area contributed by atoms with Crippen LogP contribution in [0.5, 0.6) is 5.75 Å². The highest BCUT2D eigenvalue weighted by molar-refractivity contribution is 5.91. The lowest BCUT2D eigenvalue weighted by molar-refractivity contribution is 0.416. The van der Waals surface area contributed by atoms with Gasteiger partial charge in [-0.3, -0.25) is 5.10 Å². The molecule has 1 N–H and O–H groups in total. The summed E-state index contributed by atoms with van der Waals surface area (Å²) in [6.07, 6.45) is 1.69. The van der Waals surface area contributed by atoms with E-state index in [0.717, 1.165) is 28.0 Å². The number of rotatable bonds is 2. The van der Waals surface area contributed by atoms with Gasteiger partial charge in [-0.05, 0) is 24.3 Å². The normalized spacial score (nSPS) is 10.6. The zero-order chi connectivity index (χ0) is 11.7. The fourth-order valence-electron chi connectivity index (χ4n) is 1.83. The predicted octanol–water partition coefficient (Wildman–Crippen LogP) is 2.43. The summed E-state index contributed by atoms with van der Waals surface area (Å²) >= 11 is 0. The van der Waals surface area contributed by atoms with Crippen molar-refractivity contribution in [1.29, 1.82) is 0 Å². The molecule has 0 aliphatic carbocycles. The van der Waals surface area contributed by atoms with Crippen molar-refractivity contribution in [2.24, 2.45) is 0 Å². The summed E-state index contributed by atoms with van der Waals surface area (Å²) in [5, 5.41) is 8.04. The fourth-order valence-corrected chi connectivity index (χ4v) is 1.83. The van der Waals surface area contributed by atoms with Gasteiger partial charge in [0.05, 0.1) is 12.5 Å². The quantitative estimate of drug-likeness (QED) is 0.727. The third-order valence-electron chi connectivity index (χ3n) is 2.62. The number of ether oxygens (including phenoxy) is 1. The smallest absolute Gasteiger partial charge is 0.156 e. The number of methoxy groups -OCH3 is 1. The Morgan fingerprint density at radius 1 is 1.29 bits per heavy atom. The first-order chi connectivity index (χ1) is 8.40. The second-order valence-corrected chi connectivity index (χ2v) is 3.59. The van der Waals surface area contributed by atoms with Crippen molar-refractivity contribution in [2.75, 3.05) is 7.11 Å². The standard InChI is InChI=1S/C13H10N3O/c1-17-11-7-3-2-5-9(11)12-10-6-4-8-14-13(10)16-15-12/h2-5,7-8H,1H3,(H,14,15,16). The minimum absolute atomic E-state index is 0.730. The summed E-state index contributed by atoms with van der Waals surface area (Å²) in [6.45, 7) is 0. The molecule has 0 saturated carbocycles. The molecule has 0 aliphatic heterocycles. The summed E-state index contributed by atoms with van der Waals surface area (Å²) in [6, 6.07) is 12.7. The van der Waals surface area contributed by atoms with Crippen molar-refractivity contribution in [3.63, 3.8) is 0 Å². The van der Waals surface area contributed by atoms with Crippen molar-refractivity contribution < 1.29 is 4.74 Å². The van der Waals surface area contributed by atoms with Crippen molar-refractivity contribution in [1.82, 2.24) is 15.2 Å². The van der Waals surface area contributed by atoms with E-state index in [1.165, 1.54) is 0 Å². The van der Waals surface area contributed by atoms with Gasteiger partial charge in [0.1, 0.15) is 11.4 Å². The number of pyridine rings is 1. The van der Waals surface area contributed by atoms with Crippen LogP contribution in [0.2, 0.25) is 0 Å². The van der Waals surface area contributed by atoms with E-state index in [1.807, 2.05) is 24.3 Å². The van der Waals surface area contributed by atoms with Gasteiger partial charge in [0.25, 0.3) is 0 Å². The van der Waals surface area contributed by atoms with Crippen LogP contribution in [0.25, 0.3) is 22.3 Å². The van der Waals surface area contributed by atoms with E-state index in [4.69, 9.17) is 4.74 Å². The Kier molecular flexibility index (Phi) is 2.26.